The second-order valence-corrected chi connectivity index (χ2v) is 6.10. The highest BCUT2D eigenvalue weighted by Gasteiger charge is 2.20. The number of aromatic nitrogens is 1. The smallest absolute Gasteiger partial charge is 0.223 e. The molecule has 0 saturated carbocycles. The lowest BCUT2D eigenvalue weighted by Crippen LogP contribution is -2.46. The topological polar surface area (TPSA) is 48.7 Å². The second kappa shape index (κ2) is 6.46. The molecular weight excluding hydrogens is 290 g/mol. The molecule has 0 radical (unpaired) electrons. The molecule has 0 amide bonds. The van der Waals surface area contributed by atoms with Gasteiger partial charge in [-0.15, -0.1) is 0 Å². The molecule has 1 aliphatic heterocycles. The van der Waals surface area contributed by atoms with Gasteiger partial charge in [0.25, 0.3) is 0 Å². The van der Waals surface area contributed by atoms with Gasteiger partial charge < -0.3 is 14.6 Å². The summed E-state index contributed by atoms with van der Waals surface area (Å²) in [6.07, 6.45) is 0. The molecule has 0 aliphatic carbocycles. The molecule has 1 saturated heterocycles. The van der Waals surface area contributed by atoms with Gasteiger partial charge in [-0.25, -0.2) is 0 Å². The van der Waals surface area contributed by atoms with E-state index in [2.05, 4.69) is 34.1 Å². The molecule has 1 N–H and O–H groups in total. The van der Waals surface area contributed by atoms with Crippen LogP contribution in [0.25, 0.3) is 0 Å². The number of hydrogen-bond donors (Lipinski definition) is 1. The fourth-order valence-corrected chi connectivity index (χ4v) is 3.06. The van der Waals surface area contributed by atoms with Crippen LogP contribution >= 0.6 is 0 Å². The van der Waals surface area contributed by atoms with Crippen molar-refractivity contribution in [1.29, 1.82) is 0 Å². The van der Waals surface area contributed by atoms with Gasteiger partial charge in [-0.05, 0) is 19.1 Å². The number of hydrogen-bond acceptors (Lipinski definition) is 4. The SMILES string of the molecule is Cc1cc(=O)c(O)c(CN2CCN(c3ccccc3)CC2)n1C. The largest absolute Gasteiger partial charge is 0.503 e. The van der Waals surface area contributed by atoms with Crippen molar-refractivity contribution in [3.8, 4) is 5.75 Å². The number of aryl methyl sites for hydroxylation is 1. The minimum Gasteiger partial charge on any atom is -0.503 e. The highest BCUT2D eigenvalue weighted by Crippen LogP contribution is 2.19. The predicted molar refractivity (Wildman–Crippen MR) is 92.0 cm³/mol. The van der Waals surface area contributed by atoms with E-state index in [1.165, 1.54) is 11.8 Å². The van der Waals surface area contributed by atoms with Gasteiger partial charge in [0.1, 0.15) is 0 Å². The molecule has 2 aromatic rings. The van der Waals surface area contributed by atoms with Gasteiger partial charge in [-0.1, -0.05) is 18.2 Å². The van der Waals surface area contributed by atoms with Crippen LogP contribution in [0, 0.1) is 6.92 Å². The third kappa shape index (κ3) is 3.24. The lowest BCUT2D eigenvalue weighted by molar-refractivity contribution is 0.240. The Hall–Kier alpha value is -2.27. The van der Waals surface area contributed by atoms with Crippen LogP contribution in [0.1, 0.15) is 11.4 Å². The molecule has 0 spiro atoms. The maximum absolute atomic E-state index is 11.8. The molecule has 1 aromatic heterocycles. The van der Waals surface area contributed by atoms with E-state index in [0.29, 0.717) is 12.2 Å². The van der Waals surface area contributed by atoms with Crippen molar-refractivity contribution in [2.24, 2.45) is 7.05 Å². The van der Waals surface area contributed by atoms with E-state index in [1.54, 1.807) is 0 Å². The van der Waals surface area contributed by atoms with E-state index < -0.39 is 0 Å². The predicted octanol–water partition coefficient (Wildman–Crippen LogP) is 1.72. The van der Waals surface area contributed by atoms with Crippen molar-refractivity contribution in [2.75, 3.05) is 31.1 Å². The van der Waals surface area contributed by atoms with Gasteiger partial charge in [0.2, 0.25) is 5.43 Å². The molecule has 2 heterocycles. The lowest BCUT2D eigenvalue weighted by Gasteiger charge is -2.36. The molecule has 0 atom stereocenters. The van der Waals surface area contributed by atoms with Crippen LogP contribution in [0.5, 0.6) is 5.75 Å². The number of para-hydroxylation sites is 1. The van der Waals surface area contributed by atoms with Gasteiger partial charge in [0.05, 0.1) is 5.69 Å². The quantitative estimate of drug-likeness (QED) is 0.937. The fourth-order valence-electron chi connectivity index (χ4n) is 3.06. The lowest BCUT2D eigenvalue weighted by atomic mass is 10.2. The zero-order valence-corrected chi connectivity index (χ0v) is 13.7. The van der Waals surface area contributed by atoms with Crippen molar-refractivity contribution < 1.29 is 5.11 Å². The summed E-state index contributed by atoms with van der Waals surface area (Å²) in [5.74, 6) is -0.122. The Morgan fingerprint density at radius 3 is 2.39 bits per heavy atom. The third-order valence-corrected chi connectivity index (χ3v) is 4.65. The minimum absolute atomic E-state index is 0.122. The average molecular weight is 313 g/mol. The standard InChI is InChI=1S/C18H23N3O2/c1-14-12-17(22)18(23)16(19(14)2)13-20-8-10-21(11-9-20)15-6-4-3-5-7-15/h3-7,12,23H,8-11,13H2,1-2H3. The molecule has 0 unspecified atom stereocenters. The number of aromatic hydroxyl groups is 1. The van der Waals surface area contributed by atoms with Crippen LogP contribution in [0.4, 0.5) is 5.69 Å². The Bertz CT molecular complexity index is 732. The Morgan fingerprint density at radius 1 is 1.09 bits per heavy atom. The molecule has 3 rings (SSSR count). The molecule has 5 nitrogen and oxygen atoms in total. The van der Waals surface area contributed by atoms with Crippen LogP contribution in [0.15, 0.2) is 41.2 Å². The van der Waals surface area contributed by atoms with Crippen molar-refractivity contribution in [2.45, 2.75) is 13.5 Å². The van der Waals surface area contributed by atoms with Crippen molar-refractivity contribution in [1.82, 2.24) is 9.47 Å². The van der Waals surface area contributed by atoms with Gasteiger partial charge in [0, 0.05) is 57.2 Å². The number of pyridine rings is 1. The number of rotatable bonds is 3. The van der Waals surface area contributed by atoms with E-state index in [9.17, 15) is 9.90 Å². The van der Waals surface area contributed by atoms with Crippen LogP contribution in [0.2, 0.25) is 0 Å². The number of benzene rings is 1. The first kappa shape index (κ1) is 15.6. The number of nitrogens with zero attached hydrogens (tertiary/aromatic N) is 3. The van der Waals surface area contributed by atoms with Crippen LogP contribution < -0.4 is 10.3 Å². The van der Waals surface area contributed by atoms with Gasteiger partial charge in [-0.2, -0.15) is 0 Å². The molecule has 1 fully saturated rings. The summed E-state index contributed by atoms with van der Waals surface area (Å²) in [7, 11) is 1.89. The molecule has 122 valence electrons. The fraction of sp³-hybridized carbons (Fsp3) is 0.389. The van der Waals surface area contributed by atoms with Gasteiger partial charge >= 0.3 is 0 Å². The van der Waals surface area contributed by atoms with E-state index in [4.69, 9.17) is 0 Å². The first-order chi connectivity index (χ1) is 11.1. The summed E-state index contributed by atoms with van der Waals surface area (Å²) in [5, 5.41) is 10.1. The molecule has 1 aliphatic rings. The van der Waals surface area contributed by atoms with E-state index >= 15 is 0 Å². The molecule has 0 bridgehead atoms. The summed E-state index contributed by atoms with van der Waals surface area (Å²) < 4.78 is 1.90. The molecule has 5 heteroatoms. The Morgan fingerprint density at radius 2 is 1.74 bits per heavy atom. The maximum Gasteiger partial charge on any atom is 0.223 e. The molecule has 1 aromatic carbocycles. The first-order valence-electron chi connectivity index (χ1n) is 7.97. The monoisotopic (exact) mass is 313 g/mol. The zero-order chi connectivity index (χ0) is 16.4. The maximum atomic E-state index is 11.8. The van der Waals surface area contributed by atoms with Crippen molar-refractivity contribution in [3.05, 3.63) is 58.0 Å². The molecule has 23 heavy (non-hydrogen) atoms. The van der Waals surface area contributed by atoms with Crippen LogP contribution in [-0.4, -0.2) is 40.8 Å². The second-order valence-electron chi connectivity index (χ2n) is 6.10. The Balaban J connectivity index is 1.69. The summed E-state index contributed by atoms with van der Waals surface area (Å²) in [5.41, 5.74) is 2.52. The highest BCUT2D eigenvalue weighted by atomic mass is 16.3. The summed E-state index contributed by atoms with van der Waals surface area (Å²) in [4.78, 5) is 16.5. The van der Waals surface area contributed by atoms with Crippen molar-refractivity contribution in [3.63, 3.8) is 0 Å². The van der Waals surface area contributed by atoms with Crippen molar-refractivity contribution >= 4 is 5.69 Å². The third-order valence-electron chi connectivity index (χ3n) is 4.65. The van der Waals surface area contributed by atoms with E-state index in [0.717, 1.165) is 31.9 Å². The Kier molecular flexibility index (Phi) is 4.39. The normalized spacial score (nSPS) is 15.8. The van der Waals surface area contributed by atoms with E-state index in [1.807, 2.05) is 24.6 Å². The first-order valence-corrected chi connectivity index (χ1v) is 7.97. The number of piperazine rings is 1. The van der Waals surface area contributed by atoms with Crippen LogP contribution in [0.3, 0.4) is 0 Å². The number of anilines is 1. The zero-order valence-electron chi connectivity index (χ0n) is 13.7. The highest BCUT2D eigenvalue weighted by molar-refractivity contribution is 5.46. The summed E-state index contributed by atoms with van der Waals surface area (Å²) in [6.45, 7) is 6.21. The Labute approximate surface area is 136 Å². The minimum atomic E-state index is -0.293. The summed E-state index contributed by atoms with van der Waals surface area (Å²) in [6, 6.07) is 11.9. The molecular formula is C18H23N3O2. The average Bonchev–Trinajstić information content (AvgIpc) is 2.58. The van der Waals surface area contributed by atoms with Crippen LogP contribution in [-0.2, 0) is 13.6 Å². The van der Waals surface area contributed by atoms with Gasteiger partial charge in [-0.3, -0.25) is 9.69 Å². The van der Waals surface area contributed by atoms with E-state index in [-0.39, 0.29) is 11.2 Å². The summed E-state index contributed by atoms with van der Waals surface area (Å²) >= 11 is 0. The van der Waals surface area contributed by atoms with Gasteiger partial charge in [0.15, 0.2) is 5.75 Å².